The second-order valence-electron chi connectivity index (χ2n) is 4.46. The molecule has 0 aliphatic rings. The molecule has 0 spiro atoms. The summed E-state index contributed by atoms with van der Waals surface area (Å²) >= 11 is 0.980. The molecule has 0 saturated heterocycles. The van der Waals surface area contributed by atoms with Crippen molar-refractivity contribution < 1.29 is 24.2 Å². The average Bonchev–Trinajstić information content (AvgIpc) is 2.88. The molecule has 8 heteroatoms. The Morgan fingerprint density at radius 3 is 2.52 bits per heavy atom. The van der Waals surface area contributed by atoms with Crippen LogP contribution in [0.3, 0.4) is 0 Å². The Balaban J connectivity index is 2.23. The molecule has 0 aliphatic heterocycles. The third-order valence-electron chi connectivity index (χ3n) is 2.88. The van der Waals surface area contributed by atoms with E-state index in [1.165, 1.54) is 18.2 Å². The fourth-order valence-electron chi connectivity index (χ4n) is 1.87. The summed E-state index contributed by atoms with van der Waals surface area (Å²) in [4.78, 5) is 39.5. The molecule has 7 nitrogen and oxygen atoms in total. The van der Waals surface area contributed by atoms with E-state index >= 15 is 0 Å². The van der Waals surface area contributed by atoms with Crippen molar-refractivity contribution in [3.63, 3.8) is 0 Å². The first-order chi connectivity index (χ1) is 10.9. The van der Waals surface area contributed by atoms with Crippen LogP contribution in [0.4, 0.5) is 5.13 Å². The predicted octanol–water partition coefficient (Wildman–Crippen LogP) is 2.58. The molecule has 23 heavy (non-hydrogen) atoms. The van der Waals surface area contributed by atoms with Gasteiger partial charge in [0, 0.05) is 0 Å². The van der Waals surface area contributed by atoms with E-state index in [1.54, 1.807) is 19.9 Å². The molecule has 0 bridgehead atoms. The molecule has 0 unspecified atom stereocenters. The van der Waals surface area contributed by atoms with Gasteiger partial charge in [-0.15, -0.1) is 0 Å². The van der Waals surface area contributed by atoms with E-state index in [-0.39, 0.29) is 22.9 Å². The number of esters is 1. The van der Waals surface area contributed by atoms with Crippen LogP contribution >= 0.6 is 11.3 Å². The lowest BCUT2D eigenvalue weighted by Gasteiger charge is -2.05. The number of carboxylic acids is 1. The number of nitrogens with one attached hydrogen (secondary N) is 1. The Hall–Kier alpha value is -2.74. The standard InChI is InChI=1S/C15H14N2O5S/c1-3-22-14(21)11-8(2)16-15(23-11)17-12(18)9-6-4-5-7-10(9)13(19)20/h4-7H,3H2,1-2H3,(H,19,20)(H,16,17,18). The number of nitrogens with zero attached hydrogens (tertiary/aromatic N) is 1. The molecular weight excluding hydrogens is 320 g/mol. The Labute approximate surface area is 135 Å². The van der Waals surface area contributed by atoms with E-state index in [1.807, 2.05) is 0 Å². The predicted molar refractivity (Wildman–Crippen MR) is 84.2 cm³/mol. The first-order valence-corrected chi connectivity index (χ1v) is 7.54. The van der Waals surface area contributed by atoms with Gasteiger partial charge in [-0.05, 0) is 26.0 Å². The third kappa shape index (κ3) is 3.72. The summed E-state index contributed by atoms with van der Waals surface area (Å²) in [6.07, 6.45) is 0. The van der Waals surface area contributed by atoms with Gasteiger partial charge in [-0.25, -0.2) is 14.6 Å². The molecule has 120 valence electrons. The highest BCUT2D eigenvalue weighted by atomic mass is 32.1. The molecule has 2 N–H and O–H groups in total. The number of ether oxygens (including phenoxy) is 1. The number of hydrogen-bond donors (Lipinski definition) is 2. The van der Waals surface area contributed by atoms with Crippen LogP contribution < -0.4 is 5.32 Å². The average molecular weight is 334 g/mol. The van der Waals surface area contributed by atoms with Crippen LogP contribution in [0.5, 0.6) is 0 Å². The first kappa shape index (κ1) is 16.6. The highest BCUT2D eigenvalue weighted by Gasteiger charge is 2.20. The van der Waals surface area contributed by atoms with Gasteiger partial charge in [-0.2, -0.15) is 0 Å². The van der Waals surface area contributed by atoms with Crippen LogP contribution in [0.25, 0.3) is 0 Å². The zero-order chi connectivity index (χ0) is 17.0. The fourth-order valence-corrected chi connectivity index (χ4v) is 2.72. The Morgan fingerprint density at radius 1 is 1.26 bits per heavy atom. The van der Waals surface area contributed by atoms with E-state index < -0.39 is 17.8 Å². The molecule has 1 amide bonds. The highest BCUT2D eigenvalue weighted by molar-refractivity contribution is 7.17. The van der Waals surface area contributed by atoms with Crippen molar-refractivity contribution in [3.8, 4) is 0 Å². The maximum Gasteiger partial charge on any atom is 0.350 e. The first-order valence-electron chi connectivity index (χ1n) is 6.72. The summed E-state index contributed by atoms with van der Waals surface area (Å²) in [6, 6.07) is 5.85. The van der Waals surface area contributed by atoms with E-state index in [0.29, 0.717) is 10.6 Å². The molecule has 1 heterocycles. The maximum atomic E-state index is 12.2. The summed E-state index contributed by atoms with van der Waals surface area (Å²) in [5.74, 6) is -2.31. The zero-order valence-electron chi connectivity index (χ0n) is 12.5. The van der Waals surface area contributed by atoms with E-state index in [0.717, 1.165) is 11.3 Å². The zero-order valence-corrected chi connectivity index (χ0v) is 13.3. The van der Waals surface area contributed by atoms with Gasteiger partial charge in [-0.3, -0.25) is 10.1 Å². The van der Waals surface area contributed by atoms with Crippen molar-refractivity contribution >= 4 is 34.3 Å². The van der Waals surface area contributed by atoms with Gasteiger partial charge in [-0.1, -0.05) is 23.5 Å². The number of carbonyl (C=O) groups excluding carboxylic acids is 2. The number of carboxylic acid groups (broad SMARTS) is 1. The van der Waals surface area contributed by atoms with Gasteiger partial charge < -0.3 is 9.84 Å². The van der Waals surface area contributed by atoms with Crippen molar-refractivity contribution in [1.82, 2.24) is 4.98 Å². The van der Waals surface area contributed by atoms with Crippen LogP contribution in [0, 0.1) is 6.92 Å². The quantitative estimate of drug-likeness (QED) is 0.814. The lowest BCUT2D eigenvalue weighted by molar-refractivity contribution is 0.0530. The van der Waals surface area contributed by atoms with Gasteiger partial charge in [0.25, 0.3) is 5.91 Å². The van der Waals surface area contributed by atoms with Crippen LogP contribution in [-0.2, 0) is 4.74 Å². The van der Waals surface area contributed by atoms with Gasteiger partial charge in [0.05, 0.1) is 23.4 Å². The van der Waals surface area contributed by atoms with E-state index in [9.17, 15) is 14.4 Å². The van der Waals surface area contributed by atoms with Gasteiger partial charge in [0.15, 0.2) is 5.13 Å². The van der Waals surface area contributed by atoms with Gasteiger partial charge in [0.1, 0.15) is 4.88 Å². The molecule has 2 aromatic rings. The number of rotatable bonds is 5. The Kier molecular flexibility index (Phi) is 5.07. The number of amides is 1. The summed E-state index contributed by atoms with van der Waals surface area (Å²) in [5, 5.41) is 11.8. The fraction of sp³-hybridized carbons (Fsp3) is 0.200. The monoisotopic (exact) mass is 334 g/mol. The third-order valence-corrected chi connectivity index (χ3v) is 3.93. The summed E-state index contributed by atoms with van der Waals surface area (Å²) in [5.41, 5.74) is 0.352. The second kappa shape index (κ2) is 7.01. The van der Waals surface area contributed by atoms with Crippen molar-refractivity contribution in [1.29, 1.82) is 0 Å². The lowest BCUT2D eigenvalue weighted by atomic mass is 10.1. The largest absolute Gasteiger partial charge is 0.478 e. The Morgan fingerprint density at radius 2 is 1.91 bits per heavy atom. The number of carbonyl (C=O) groups is 3. The summed E-state index contributed by atoms with van der Waals surface area (Å²) in [7, 11) is 0. The number of benzene rings is 1. The van der Waals surface area contributed by atoms with Crippen LogP contribution in [0.15, 0.2) is 24.3 Å². The lowest BCUT2D eigenvalue weighted by Crippen LogP contribution is -2.16. The number of aryl methyl sites for hydroxylation is 1. The SMILES string of the molecule is CCOC(=O)c1sc(NC(=O)c2ccccc2C(=O)O)nc1C. The molecule has 0 aliphatic carbocycles. The van der Waals surface area contributed by atoms with Crippen molar-refractivity contribution in [2.75, 3.05) is 11.9 Å². The minimum atomic E-state index is -1.20. The second-order valence-corrected chi connectivity index (χ2v) is 5.46. The number of aromatic nitrogens is 1. The Bertz CT molecular complexity index is 769. The topological polar surface area (TPSA) is 106 Å². The molecule has 0 saturated carbocycles. The normalized spacial score (nSPS) is 10.2. The molecule has 2 rings (SSSR count). The smallest absolute Gasteiger partial charge is 0.350 e. The molecule has 1 aromatic heterocycles. The van der Waals surface area contributed by atoms with Crippen LogP contribution in [0.1, 0.15) is 43.0 Å². The minimum Gasteiger partial charge on any atom is -0.478 e. The minimum absolute atomic E-state index is 0.0190. The number of anilines is 1. The van der Waals surface area contributed by atoms with Gasteiger partial charge in [0.2, 0.25) is 0 Å². The van der Waals surface area contributed by atoms with Crippen molar-refractivity contribution in [2.24, 2.45) is 0 Å². The summed E-state index contributed by atoms with van der Waals surface area (Å²) < 4.78 is 4.90. The molecule has 0 fully saturated rings. The van der Waals surface area contributed by atoms with E-state index in [4.69, 9.17) is 9.84 Å². The number of aromatic carboxylic acids is 1. The number of thiazole rings is 1. The van der Waals surface area contributed by atoms with Crippen molar-refractivity contribution in [3.05, 3.63) is 46.0 Å². The maximum absolute atomic E-state index is 12.2. The van der Waals surface area contributed by atoms with Crippen LogP contribution in [-0.4, -0.2) is 34.5 Å². The van der Waals surface area contributed by atoms with Gasteiger partial charge >= 0.3 is 11.9 Å². The molecule has 1 aromatic carbocycles. The summed E-state index contributed by atoms with van der Waals surface area (Å²) in [6.45, 7) is 3.56. The van der Waals surface area contributed by atoms with Crippen LogP contribution in [0.2, 0.25) is 0 Å². The van der Waals surface area contributed by atoms with E-state index in [2.05, 4.69) is 10.3 Å². The van der Waals surface area contributed by atoms with Crippen molar-refractivity contribution in [2.45, 2.75) is 13.8 Å². The highest BCUT2D eigenvalue weighted by Crippen LogP contribution is 2.24. The number of hydrogen-bond acceptors (Lipinski definition) is 6. The molecule has 0 atom stereocenters. The molecular formula is C15H14N2O5S. The molecule has 0 radical (unpaired) electrons.